The number of nitrogens with one attached hydrogen (secondary N) is 1. The lowest BCUT2D eigenvalue weighted by Gasteiger charge is -2.12. The van der Waals surface area contributed by atoms with Crippen molar-refractivity contribution >= 4 is 5.91 Å². The first-order valence-electron chi connectivity index (χ1n) is 8.29. The van der Waals surface area contributed by atoms with Gasteiger partial charge in [0.1, 0.15) is 18.1 Å². The van der Waals surface area contributed by atoms with Crippen LogP contribution >= 0.6 is 0 Å². The molecule has 24 heavy (non-hydrogen) atoms. The summed E-state index contributed by atoms with van der Waals surface area (Å²) in [4.78, 5) is 24.1. The topological polar surface area (TPSA) is 73.2 Å². The van der Waals surface area contributed by atoms with Gasteiger partial charge in [-0.05, 0) is 31.0 Å². The van der Waals surface area contributed by atoms with E-state index in [1.54, 1.807) is 0 Å². The van der Waals surface area contributed by atoms with E-state index in [2.05, 4.69) is 10.4 Å². The van der Waals surface area contributed by atoms with Crippen LogP contribution in [0.3, 0.4) is 0 Å². The van der Waals surface area contributed by atoms with Crippen LogP contribution in [-0.4, -0.2) is 28.3 Å². The van der Waals surface area contributed by atoms with Crippen molar-refractivity contribution in [1.82, 2.24) is 15.1 Å². The Morgan fingerprint density at radius 1 is 1.17 bits per heavy atom. The van der Waals surface area contributed by atoms with Gasteiger partial charge in [-0.3, -0.25) is 9.59 Å². The van der Waals surface area contributed by atoms with Crippen LogP contribution < -0.4 is 15.6 Å². The molecular weight excluding hydrogens is 306 g/mol. The fourth-order valence-electron chi connectivity index (χ4n) is 2.83. The summed E-state index contributed by atoms with van der Waals surface area (Å²) in [7, 11) is 0. The first-order chi connectivity index (χ1) is 11.7. The molecule has 0 atom stereocenters. The molecule has 1 amide bonds. The number of carbonyl (C=O) groups is 1. The molecule has 0 unspecified atom stereocenters. The zero-order valence-electron chi connectivity index (χ0n) is 13.5. The van der Waals surface area contributed by atoms with Crippen molar-refractivity contribution in [1.29, 1.82) is 0 Å². The van der Waals surface area contributed by atoms with Gasteiger partial charge in [0.2, 0.25) is 0 Å². The molecular formula is C18H21N3O3. The molecule has 6 heteroatoms. The minimum absolute atomic E-state index is 0.223. The molecule has 0 radical (unpaired) electrons. The lowest BCUT2D eigenvalue weighted by molar-refractivity contribution is 0.0929. The summed E-state index contributed by atoms with van der Waals surface area (Å²) in [5.74, 6) is 0.514. The molecule has 3 rings (SSSR count). The smallest absolute Gasteiger partial charge is 0.271 e. The second-order valence-electron chi connectivity index (χ2n) is 5.90. The fourth-order valence-corrected chi connectivity index (χ4v) is 2.83. The Bertz CT molecular complexity index is 737. The van der Waals surface area contributed by atoms with E-state index in [1.165, 1.54) is 16.8 Å². The Kier molecular flexibility index (Phi) is 5.25. The minimum atomic E-state index is -0.246. The zero-order valence-corrected chi connectivity index (χ0v) is 13.5. The number of rotatable bonds is 6. The molecule has 1 N–H and O–H groups in total. The third-order valence-electron chi connectivity index (χ3n) is 4.10. The van der Waals surface area contributed by atoms with Gasteiger partial charge in [0.05, 0.1) is 6.54 Å². The Morgan fingerprint density at radius 2 is 1.92 bits per heavy atom. The van der Waals surface area contributed by atoms with Crippen molar-refractivity contribution in [2.24, 2.45) is 0 Å². The highest BCUT2D eigenvalue weighted by atomic mass is 16.5. The lowest BCUT2D eigenvalue weighted by Crippen LogP contribution is -2.35. The minimum Gasteiger partial charge on any atom is -0.492 e. The highest BCUT2D eigenvalue weighted by molar-refractivity contribution is 5.92. The first-order valence-corrected chi connectivity index (χ1v) is 8.29. The van der Waals surface area contributed by atoms with Crippen molar-refractivity contribution in [3.8, 4) is 5.75 Å². The SMILES string of the molecule is O=C(NC1CCCC1)c1ccc(=O)n(CCOc2ccccc2)n1. The van der Waals surface area contributed by atoms with Gasteiger partial charge in [0.25, 0.3) is 11.5 Å². The number of hydrogen-bond donors (Lipinski definition) is 1. The monoisotopic (exact) mass is 327 g/mol. The van der Waals surface area contributed by atoms with Gasteiger partial charge in [-0.1, -0.05) is 31.0 Å². The van der Waals surface area contributed by atoms with Crippen LogP contribution in [0, 0.1) is 0 Å². The maximum atomic E-state index is 12.2. The predicted octanol–water partition coefficient (Wildman–Crippen LogP) is 1.99. The van der Waals surface area contributed by atoms with Crippen LogP contribution in [0.5, 0.6) is 5.75 Å². The van der Waals surface area contributed by atoms with E-state index in [1.807, 2.05) is 30.3 Å². The summed E-state index contributed by atoms with van der Waals surface area (Å²) in [5.41, 5.74) is 0.0188. The molecule has 2 aromatic rings. The van der Waals surface area contributed by atoms with Crippen molar-refractivity contribution in [3.05, 3.63) is 58.5 Å². The van der Waals surface area contributed by atoms with E-state index in [0.717, 1.165) is 31.4 Å². The maximum absolute atomic E-state index is 12.2. The van der Waals surface area contributed by atoms with Crippen molar-refractivity contribution in [2.75, 3.05) is 6.61 Å². The highest BCUT2D eigenvalue weighted by Crippen LogP contribution is 2.17. The van der Waals surface area contributed by atoms with E-state index in [-0.39, 0.29) is 29.7 Å². The van der Waals surface area contributed by atoms with Gasteiger partial charge in [0.15, 0.2) is 0 Å². The Hall–Kier alpha value is -2.63. The van der Waals surface area contributed by atoms with Gasteiger partial charge in [0, 0.05) is 12.1 Å². The molecule has 0 bridgehead atoms. The van der Waals surface area contributed by atoms with E-state index < -0.39 is 0 Å². The lowest BCUT2D eigenvalue weighted by atomic mass is 10.2. The largest absolute Gasteiger partial charge is 0.492 e. The van der Waals surface area contributed by atoms with Crippen molar-refractivity contribution in [3.63, 3.8) is 0 Å². The van der Waals surface area contributed by atoms with E-state index >= 15 is 0 Å². The second-order valence-corrected chi connectivity index (χ2v) is 5.90. The third kappa shape index (κ3) is 4.22. The number of nitrogens with zero attached hydrogens (tertiary/aromatic N) is 2. The Morgan fingerprint density at radius 3 is 2.67 bits per heavy atom. The average Bonchev–Trinajstić information content (AvgIpc) is 3.10. The third-order valence-corrected chi connectivity index (χ3v) is 4.10. The van der Waals surface area contributed by atoms with E-state index in [4.69, 9.17) is 4.74 Å². The van der Waals surface area contributed by atoms with Crippen LogP contribution in [-0.2, 0) is 6.54 Å². The molecule has 126 valence electrons. The fraction of sp³-hybridized carbons (Fsp3) is 0.389. The van der Waals surface area contributed by atoms with E-state index in [0.29, 0.717) is 6.61 Å². The summed E-state index contributed by atoms with van der Waals surface area (Å²) >= 11 is 0. The van der Waals surface area contributed by atoms with Crippen LogP contribution in [0.15, 0.2) is 47.3 Å². The molecule has 0 aliphatic heterocycles. The zero-order chi connectivity index (χ0) is 16.8. The van der Waals surface area contributed by atoms with Gasteiger partial charge >= 0.3 is 0 Å². The molecule has 1 aliphatic carbocycles. The first kappa shape index (κ1) is 16.2. The van der Waals surface area contributed by atoms with Crippen LogP contribution in [0.1, 0.15) is 36.2 Å². The molecule has 1 fully saturated rings. The number of amides is 1. The van der Waals surface area contributed by atoms with Crippen molar-refractivity contribution < 1.29 is 9.53 Å². The number of hydrogen-bond acceptors (Lipinski definition) is 4. The molecule has 1 aliphatic rings. The summed E-state index contributed by atoms with van der Waals surface area (Å²) < 4.78 is 6.84. The molecule has 1 heterocycles. The quantitative estimate of drug-likeness (QED) is 0.881. The maximum Gasteiger partial charge on any atom is 0.271 e. The summed E-state index contributed by atoms with van der Waals surface area (Å²) in [5, 5.41) is 7.13. The standard InChI is InChI=1S/C18H21N3O3/c22-17-11-10-16(18(23)19-14-6-4-5-7-14)20-21(17)12-13-24-15-8-2-1-3-9-15/h1-3,8-11,14H,4-7,12-13H2,(H,19,23). The predicted molar refractivity (Wildman–Crippen MR) is 90.2 cm³/mol. The van der Waals surface area contributed by atoms with Crippen molar-refractivity contribution in [2.45, 2.75) is 38.3 Å². The average molecular weight is 327 g/mol. The Labute approximate surface area is 140 Å². The summed E-state index contributed by atoms with van der Waals surface area (Å²) in [6.07, 6.45) is 4.32. The molecule has 6 nitrogen and oxygen atoms in total. The summed E-state index contributed by atoms with van der Waals surface area (Å²) in [6, 6.07) is 12.4. The highest BCUT2D eigenvalue weighted by Gasteiger charge is 2.19. The van der Waals surface area contributed by atoms with Gasteiger partial charge in [-0.25, -0.2) is 4.68 Å². The molecule has 1 aromatic heterocycles. The number of ether oxygens (including phenoxy) is 1. The Balaban J connectivity index is 1.60. The normalized spacial score (nSPS) is 14.5. The van der Waals surface area contributed by atoms with Crippen LogP contribution in [0.2, 0.25) is 0 Å². The van der Waals surface area contributed by atoms with Gasteiger partial charge in [-0.2, -0.15) is 5.10 Å². The molecule has 0 spiro atoms. The molecule has 1 aromatic carbocycles. The number of aromatic nitrogens is 2. The van der Waals surface area contributed by atoms with E-state index in [9.17, 15) is 9.59 Å². The number of carbonyl (C=O) groups excluding carboxylic acids is 1. The van der Waals surface area contributed by atoms with Crippen LogP contribution in [0.25, 0.3) is 0 Å². The van der Waals surface area contributed by atoms with Crippen LogP contribution in [0.4, 0.5) is 0 Å². The number of benzene rings is 1. The van der Waals surface area contributed by atoms with Gasteiger partial charge in [-0.15, -0.1) is 0 Å². The second kappa shape index (κ2) is 7.77. The summed E-state index contributed by atoms with van der Waals surface area (Å²) in [6.45, 7) is 0.600. The molecule has 0 saturated heterocycles. The van der Waals surface area contributed by atoms with Gasteiger partial charge < -0.3 is 10.1 Å². The number of para-hydroxylation sites is 1. The molecule has 1 saturated carbocycles.